The van der Waals surface area contributed by atoms with Crippen LogP contribution >= 0.6 is 22.7 Å². The summed E-state index contributed by atoms with van der Waals surface area (Å²) in [6.45, 7) is 0.224. The highest BCUT2D eigenvalue weighted by Crippen LogP contribution is 2.38. The molecule has 0 fully saturated rings. The number of hydrogen-bond donors (Lipinski definition) is 1. The molecule has 0 radical (unpaired) electrons. The van der Waals surface area contributed by atoms with E-state index in [1.54, 1.807) is 6.07 Å². The molecular formula is C19H19N3O4S2. The third-order valence-corrected chi connectivity index (χ3v) is 6.87. The molecule has 9 heteroatoms. The van der Waals surface area contributed by atoms with Crippen LogP contribution in [0.5, 0.6) is 0 Å². The largest absolute Gasteiger partial charge is 0.465 e. The van der Waals surface area contributed by atoms with Crippen LogP contribution in [0.4, 0.5) is 5.00 Å². The first-order valence-electron chi connectivity index (χ1n) is 9.04. The number of thiophene rings is 2. The Morgan fingerprint density at radius 3 is 2.96 bits per heavy atom. The number of carbonyl (C=O) groups is 2. The number of anilines is 1. The molecule has 0 atom stereocenters. The third-order valence-electron chi connectivity index (χ3n) is 4.84. The lowest BCUT2D eigenvalue weighted by Crippen LogP contribution is -2.23. The molecule has 4 rings (SSSR count). The molecule has 3 aromatic heterocycles. The van der Waals surface area contributed by atoms with E-state index in [9.17, 15) is 14.4 Å². The minimum atomic E-state index is -0.418. The van der Waals surface area contributed by atoms with Gasteiger partial charge in [0.25, 0.3) is 5.56 Å². The van der Waals surface area contributed by atoms with Crippen LogP contribution < -0.4 is 10.9 Å². The van der Waals surface area contributed by atoms with Gasteiger partial charge in [0.1, 0.15) is 9.83 Å². The van der Waals surface area contributed by atoms with Crippen molar-refractivity contribution in [3.8, 4) is 0 Å². The standard InChI is InChI=1S/C19H19N3O4S2/c1-26-19(25)15-11-4-2-3-5-13(11)28-17(15)21-14(23)6-8-22-10-20-16-12(18(22)24)7-9-27-16/h7,9-10H,2-6,8H2,1H3,(H,21,23). The summed E-state index contributed by atoms with van der Waals surface area (Å²) in [4.78, 5) is 43.2. The number of rotatable bonds is 5. The molecule has 3 aromatic rings. The maximum Gasteiger partial charge on any atom is 0.341 e. The highest BCUT2D eigenvalue weighted by atomic mass is 32.1. The Hall–Kier alpha value is -2.52. The van der Waals surface area contributed by atoms with E-state index in [0.717, 1.165) is 36.1 Å². The van der Waals surface area contributed by atoms with Crippen molar-refractivity contribution in [1.82, 2.24) is 9.55 Å². The van der Waals surface area contributed by atoms with Crippen LogP contribution in [-0.2, 0) is 28.9 Å². The predicted octanol–water partition coefficient (Wildman–Crippen LogP) is 3.21. The molecule has 1 aliphatic carbocycles. The number of fused-ring (bicyclic) bond motifs is 2. The molecule has 7 nitrogen and oxygen atoms in total. The third kappa shape index (κ3) is 3.47. The predicted molar refractivity (Wildman–Crippen MR) is 109 cm³/mol. The monoisotopic (exact) mass is 417 g/mol. The highest BCUT2D eigenvalue weighted by Gasteiger charge is 2.26. The fourth-order valence-corrected chi connectivity index (χ4v) is 5.45. The highest BCUT2D eigenvalue weighted by molar-refractivity contribution is 7.17. The average Bonchev–Trinajstić information content (AvgIpc) is 3.31. The quantitative estimate of drug-likeness (QED) is 0.644. The van der Waals surface area contributed by atoms with Gasteiger partial charge in [0.2, 0.25) is 5.91 Å². The zero-order valence-electron chi connectivity index (χ0n) is 15.3. The van der Waals surface area contributed by atoms with E-state index in [-0.39, 0.29) is 24.4 Å². The van der Waals surface area contributed by atoms with Crippen molar-refractivity contribution in [3.63, 3.8) is 0 Å². The number of ether oxygens (including phenoxy) is 1. The number of nitrogens with zero attached hydrogens (tertiary/aromatic N) is 2. The number of aromatic nitrogens is 2. The summed E-state index contributed by atoms with van der Waals surface area (Å²) >= 11 is 2.86. The molecule has 0 aliphatic heterocycles. The van der Waals surface area contributed by atoms with Gasteiger partial charge >= 0.3 is 5.97 Å². The molecule has 0 spiro atoms. The van der Waals surface area contributed by atoms with Gasteiger partial charge in [-0.3, -0.25) is 14.2 Å². The summed E-state index contributed by atoms with van der Waals surface area (Å²) in [5.41, 5.74) is 1.33. The van der Waals surface area contributed by atoms with Crippen molar-refractivity contribution in [3.05, 3.63) is 44.1 Å². The summed E-state index contributed by atoms with van der Waals surface area (Å²) in [5, 5.41) is 5.78. The van der Waals surface area contributed by atoms with E-state index < -0.39 is 5.97 Å². The van der Waals surface area contributed by atoms with Gasteiger partial charge in [-0.2, -0.15) is 0 Å². The maximum atomic E-state index is 12.5. The molecule has 0 unspecified atom stereocenters. The summed E-state index contributed by atoms with van der Waals surface area (Å²) in [6, 6.07) is 1.74. The molecule has 146 valence electrons. The normalized spacial score (nSPS) is 13.3. The Morgan fingerprint density at radius 2 is 2.14 bits per heavy atom. The summed E-state index contributed by atoms with van der Waals surface area (Å²) < 4.78 is 6.36. The molecule has 0 aromatic carbocycles. The molecule has 0 saturated carbocycles. The van der Waals surface area contributed by atoms with Gasteiger partial charge < -0.3 is 10.1 Å². The number of methoxy groups -OCH3 is 1. The lowest BCUT2D eigenvalue weighted by atomic mass is 9.95. The number of carbonyl (C=O) groups excluding carboxylic acids is 2. The molecule has 28 heavy (non-hydrogen) atoms. The van der Waals surface area contributed by atoms with E-state index in [1.165, 1.54) is 40.7 Å². The van der Waals surface area contributed by atoms with Crippen LogP contribution in [0.2, 0.25) is 0 Å². The van der Waals surface area contributed by atoms with Gasteiger partial charge in [-0.05, 0) is 42.7 Å². The van der Waals surface area contributed by atoms with E-state index in [2.05, 4.69) is 10.3 Å². The summed E-state index contributed by atoms with van der Waals surface area (Å²) in [5.74, 6) is -0.668. The first kappa shape index (κ1) is 18.8. The first-order valence-corrected chi connectivity index (χ1v) is 10.7. The zero-order chi connectivity index (χ0) is 19.7. The number of esters is 1. The fraction of sp³-hybridized carbons (Fsp3) is 0.368. The Kier molecular flexibility index (Phi) is 5.27. The van der Waals surface area contributed by atoms with Crippen LogP contribution in [0.25, 0.3) is 10.2 Å². The SMILES string of the molecule is COC(=O)c1c(NC(=O)CCn2cnc3sccc3c2=O)sc2c1CCCC2. The van der Waals surface area contributed by atoms with Crippen molar-refractivity contribution >= 4 is 49.8 Å². The van der Waals surface area contributed by atoms with E-state index >= 15 is 0 Å². The number of aryl methyl sites for hydroxylation is 2. The van der Waals surface area contributed by atoms with Gasteiger partial charge in [-0.15, -0.1) is 22.7 Å². The summed E-state index contributed by atoms with van der Waals surface area (Å²) in [7, 11) is 1.35. The average molecular weight is 418 g/mol. The molecule has 3 heterocycles. The maximum absolute atomic E-state index is 12.5. The molecule has 1 aliphatic rings. The second kappa shape index (κ2) is 7.84. The van der Waals surface area contributed by atoms with Crippen LogP contribution in [0.3, 0.4) is 0 Å². The topological polar surface area (TPSA) is 90.3 Å². The van der Waals surface area contributed by atoms with Gasteiger partial charge in [0.05, 0.1) is 24.4 Å². The minimum Gasteiger partial charge on any atom is -0.465 e. The van der Waals surface area contributed by atoms with E-state index in [4.69, 9.17) is 4.74 Å². The van der Waals surface area contributed by atoms with Crippen molar-refractivity contribution in [1.29, 1.82) is 0 Å². The van der Waals surface area contributed by atoms with Crippen LogP contribution in [0.1, 0.15) is 40.1 Å². The Labute approximate surface area is 169 Å². The zero-order valence-corrected chi connectivity index (χ0v) is 17.0. The Balaban J connectivity index is 1.50. The van der Waals surface area contributed by atoms with Crippen LogP contribution in [-0.4, -0.2) is 28.5 Å². The van der Waals surface area contributed by atoms with Crippen LogP contribution in [0.15, 0.2) is 22.6 Å². The number of nitrogens with one attached hydrogen (secondary N) is 1. The molecule has 0 bridgehead atoms. The molecule has 1 N–H and O–H groups in total. The van der Waals surface area contributed by atoms with Crippen molar-refractivity contribution in [2.45, 2.75) is 38.6 Å². The van der Waals surface area contributed by atoms with E-state index in [1.807, 2.05) is 5.38 Å². The van der Waals surface area contributed by atoms with Gasteiger partial charge in [0.15, 0.2) is 0 Å². The number of hydrogen-bond acceptors (Lipinski definition) is 7. The van der Waals surface area contributed by atoms with Gasteiger partial charge in [-0.25, -0.2) is 9.78 Å². The van der Waals surface area contributed by atoms with Crippen molar-refractivity contribution in [2.75, 3.05) is 12.4 Å². The van der Waals surface area contributed by atoms with E-state index in [0.29, 0.717) is 20.8 Å². The lowest BCUT2D eigenvalue weighted by Gasteiger charge is -2.11. The molecular weight excluding hydrogens is 398 g/mol. The van der Waals surface area contributed by atoms with Crippen LogP contribution in [0, 0.1) is 0 Å². The second-order valence-corrected chi connectivity index (χ2v) is 8.59. The van der Waals surface area contributed by atoms with Gasteiger partial charge in [0, 0.05) is 17.8 Å². The van der Waals surface area contributed by atoms with Gasteiger partial charge in [-0.1, -0.05) is 0 Å². The Bertz CT molecular complexity index is 1110. The molecule has 1 amide bonds. The number of amides is 1. The fourth-order valence-electron chi connectivity index (χ4n) is 3.44. The lowest BCUT2D eigenvalue weighted by molar-refractivity contribution is -0.116. The minimum absolute atomic E-state index is 0.112. The van der Waals surface area contributed by atoms with Crippen molar-refractivity contribution < 1.29 is 14.3 Å². The molecule has 0 saturated heterocycles. The van der Waals surface area contributed by atoms with Crippen molar-refractivity contribution in [2.24, 2.45) is 0 Å². The Morgan fingerprint density at radius 1 is 1.32 bits per heavy atom. The summed E-state index contributed by atoms with van der Waals surface area (Å²) in [6.07, 6.45) is 5.44. The smallest absolute Gasteiger partial charge is 0.341 e. The second-order valence-electron chi connectivity index (χ2n) is 6.59. The first-order chi connectivity index (χ1) is 13.6.